The van der Waals surface area contributed by atoms with E-state index in [0.717, 1.165) is 15.3 Å². The van der Waals surface area contributed by atoms with Gasteiger partial charge in [-0.2, -0.15) is 0 Å². The van der Waals surface area contributed by atoms with Crippen LogP contribution in [0.4, 0.5) is 24.0 Å². The number of hydrogen-bond acceptors (Lipinski definition) is 5. The number of nitrogens with zero attached hydrogens (tertiary/aromatic N) is 2. The second kappa shape index (κ2) is 9.78. The van der Waals surface area contributed by atoms with Crippen LogP contribution in [-0.4, -0.2) is 30.4 Å². The van der Waals surface area contributed by atoms with Crippen molar-refractivity contribution in [3.8, 4) is 5.75 Å². The van der Waals surface area contributed by atoms with Crippen LogP contribution in [0.15, 0.2) is 53.5 Å². The number of para-hydroxylation sites is 1. The predicted octanol–water partition coefficient (Wildman–Crippen LogP) is 4.65. The molecule has 0 saturated carbocycles. The lowest BCUT2D eigenvalue weighted by Gasteiger charge is -2.10. The van der Waals surface area contributed by atoms with Crippen LogP contribution in [-0.2, 0) is 0 Å². The van der Waals surface area contributed by atoms with Gasteiger partial charge in [0, 0.05) is 12.2 Å². The first-order valence-electron chi connectivity index (χ1n) is 7.91. The third-order valence-corrected chi connectivity index (χ3v) is 4.32. The molecular formula is C17H17F3IN5OS. The topological polar surface area (TPSA) is 84.6 Å². The van der Waals surface area contributed by atoms with Gasteiger partial charge in [0.25, 0.3) is 0 Å². The molecule has 3 rings (SSSR count). The van der Waals surface area contributed by atoms with E-state index in [1.54, 1.807) is 11.3 Å². The number of anilines is 2. The average molecular weight is 523 g/mol. The molecule has 0 unspecified atom stereocenters. The monoisotopic (exact) mass is 523 g/mol. The third kappa shape index (κ3) is 6.71. The summed E-state index contributed by atoms with van der Waals surface area (Å²) >= 11 is 1.55. The number of rotatable bonds is 6. The number of nitrogens with two attached hydrogens (primary N) is 1. The van der Waals surface area contributed by atoms with Crippen LogP contribution in [0.2, 0.25) is 0 Å². The molecular weight excluding hydrogens is 506 g/mol. The predicted molar refractivity (Wildman–Crippen MR) is 117 cm³/mol. The van der Waals surface area contributed by atoms with Crippen molar-refractivity contribution in [3.05, 3.63) is 48.5 Å². The van der Waals surface area contributed by atoms with Crippen LogP contribution in [0, 0.1) is 0 Å². The molecule has 0 amide bonds. The molecule has 1 heterocycles. The summed E-state index contributed by atoms with van der Waals surface area (Å²) in [5.74, 6) is -0.144. The van der Waals surface area contributed by atoms with Gasteiger partial charge in [0.05, 0.1) is 16.8 Å². The number of aliphatic imine (C=N–C) groups is 1. The van der Waals surface area contributed by atoms with Crippen LogP contribution in [0.3, 0.4) is 0 Å². The summed E-state index contributed by atoms with van der Waals surface area (Å²) in [6.07, 6.45) is -4.72. The zero-order valence-corrected chi connectivity index (χ0v) is 17.5. The first kappa shape index (κ1) is 22.0. The van der Waals surface area contributed by atoms with E-state index in [0.29, 0.717) is 18.8 Å². The fourth-order valence-electron chi connectivity index (χ4n) is 2.21. The number of halogens is 4. The molecule has 1 aromatic heterocycles. The molecule has 4 N–H and O–H groups in total. The standard InChI is InChI=1S/C17H16F3N5OS.HI/c18-17(19,20)26-12-7-5-11(6-8-12)24-15(21)22-9-10-23-16-25-13-3-1-2-4-14(13)27-16;/h1-8H,9-10H2,(H,23,25)(H3,21,22,24);1H. The van der Waals surface area contributed by atoms with E-state index in [-0.39, 0.29) is 35.7 Å². The van der Waals surface area contributed by atoms with E-state index >= 15 is 0 Å². The number of ether oxygens (including phenoxy) is 1. The average Bonchev–Trinajstić information content (AvgIpc) is 3.02. The number of benzene rings is 2. The van der Waals surface area contributed by atoms with Gasteiger partial charge in [-0.1, -0.05) is 23.5 Å². The molecule has 0 saturated heterocycles. The van der Waals surface area contributed by atoms with Gasteiger partial charge in [-0.15, -0.1) is 37.1 Å². The molecule has 0 aliphatic heterocycles. The second-order valence-electron chi connectivity index (χ2n) is 5.38. The van der Waals surface area contributed by atoms with Gasteiger partial charge in [0.1, 0.15) is 5.75 Å². The van der Waals surface area contributed by atoms with E-state index in [9.17, 15) is 13.2 Å². The Morgan fingerprint density at radius 1 is 1.14 bits per heavy atom. The van der Waals surface area contributed by atoms with Crippen LogP contribution in [0.25, 0.3) is 10.2 Å². The molecule has 28 heavy (non-hydrogen) atoms. The quantitative estimate of drug-likeness (QED) is 0.190. The van der Waals surface area contributed by atoms with Crippen molar-refractivity contribution in [3.63, 3.8) is 0 Å². The van der Waals surface area contributed by atoms with Crippen molar-refractivity contribution >= 4 is 62.3 Å². The summed E-state index contributed by atoms with van der Waals surface area (Å²) in [4.78, 5) is 8.61. The van der Waals surface area contributed by atoms with Gasteiger partial charge >= 0.3 is 6.36 Å². The van der Waals surface area contributed by atoms with Gasteiger partial charge in [0.15, 0.2) is 11.1 Å². The molecule has 6 nitrogen and oxygen atoms in total. The summed E-state index contributed by atoms with van der Waals surface area (Å²) in [6, 6.07) is 13.1. The van der Waals surface area contributed by atoms with Gasteiger partial charge in [0.2, 0.25) is 0 Å². The van der Waals surface area contributed by atoms with E-state index < -0.39 is 6.36 Å². The minimum atomic E-state index is -4.72. The molecule has 11 heteroatoms. The van der Waals surface area contributed by atoms with Crippen molar-refractivity contribution in [1.82, 2.24) is 4.98 Å². The van der Waals surface area contributed by atoms with Gasteiger partial charge in [-0.3, -0.25) is 4.99 Å². The number of aromatic nitrogens is 1. The van der Waals surface area contributed by atoms with Crippen LogP contribution < -0.4 is 21.1 Å². The summed E-state index contributed by atoms with van der Waals surface area (Å²) in [6.45, 7) is 0.949. The molecule has 0 atom stereocenters. The van der Waals surface area contributed by atoms with E-state index in [1.807, 2.05) is 24.3 Å². The fraction of sp³-hybridized carbons (Fsp3) is 0.176. The lowest BCUT2D eigenvalue weighted by Crippen LogP contribution is -2.23. The van der Waals surface area contributed by atoms with Gasteiger partial charge in [-0.25, -0.2) is 4.98 Å². The second-order valence-corrected chi connectivity index (χ2v) is 6.41. The number of fused-ring (bicyclic) bond motifs is 1. The van der Waals surface area contributed by atoms with E-state index in [2.05, 4.69) is 25.3 Å². The Labute approximate surface area is 180 Å². The number of nitrogens with one attached hydrogen (secondary N) is 2. The van der Waals surface area contributed by atoms with Crippen molar-refractivity contribution in [2.24, 2.45) is 10.7 Å². The van der Waals surface area contributed by atoms with Crippen molar-refractivity contribution in [2.45, 2.75) is 6.36 Å². The summed E-state index contributed by atoms with van der Waals surface area (Å²) in [5, 5.41) is 6.78. The Bertz CT molecular complexity index is 897. The maximum absolute atomic E-state index is 12.1. The Balaban J connectivity index is 0.00000280. The summed E-state index contributed by atoms with van der Waals surface area (Å²) in [7, 11) is 0. The smallest absolute Gasteiger partial charge is 0.406 e. The largest absolute Gasteiger partial charge is 0.573 e. The lowest BCUT2D eigenvalue weighted by atomic mass is 10.3. The fourth-order valence-corrected chi connectivity index (χ4v) is 3.11. The number of alkyl halides is 3. The number of hydrogen-bond donors (Lipinski definition) is 3. The lowest BCUT2D eigenvalue weighted by molar-refractivity contribution is -0.274. The minimum absolute atomic E-state index is 0. The highest BCUT2D eigenvalue weighted by Crippen LogP contribution is 2.25. The molecule has 150 valence electrons. The van der Waals surface area contributed by atoms with Crippen LogP contribution in [0.5, 0.6) is 5.75 Å². The van der Waals surface area contributed by atoms with E-state index in [4.69, 9.17) is 5.73 Å². The normalized spacial score (nSPS) is 11.8. The van der Waals surface area contributed by atoms with Crippen molar-refractivity contribution < 1.29 is 17.9 Å². The summed E-state index contributed by atoms with van der Waals surface area (Å²) < 4.78 is 41.3. The first-order valence-corrected chi connectivity index (χ1v) is 8.73. The highest BCUT2D eigenvalue weighted by atomic mass is 127. The molecule has 3 aromatic rings. The zero-order chi connectivity index (χ0) is 19.3. The SMILES string of the molecule is I.NC(=NCCNc1nc2ccccc2s1)Nc1ccc(OC(F)(F)F)cc1. The Morgan fingerprint density at radius 3 is 2.54 bits per heavy atom. The van der Waals surface area contributed by atoms with Crippen LogP contribution in [0.1, 0.15) is 0 Å². The molecule has 0 aliphatic carbocycles. The third-order valence-electron chi connectivity index (χ3n) is 3.32. The Hall–Kier alpha value is -2.28. The summed E-state index contributed by atoms with van der Waals surface area (Å²) in [5.41, 5.74) is 7.22. The van der Waals surface area contributed by atoms with E-state index in [1.165, 1.54) is 24.3 Å². The Kier molecular flexibility index (Phi) is 7.69. The van der Waals surface area contributed by atoms with Crippen molar-refractivity contribution in [1.29, 1.82) is 0 Å². The maximum Gasteiger partial charge on any atom is 0.573 e. The highest BCUT2D eigenvalue weighted by Gasteiger charge is 2.30. The molecule has 0 aliphatic rings. The zero-order valence-electron chi connectivity index (χ0n) is 14.4. The first-order chi connectivity index (χ1) is 12.9. The highest BCUT2D eigenvalue weighted by molar-refractivity contribution is 14.0. The van der Waals surface area contributed by atoms with Crippen molar-refractivity contribution in [2.75, 3.05) is 23.7 Å². The Morgan fingerprint density at radius 2 is 1.86 bits per heavy atom. The number of guanidine groups is 1. The van der Waals surface area contributed by atoms with Crippen LogP contribution >= 0.6 is 35.3 Å². The number of thiazole rings is 1. The molecule has 0 spiro atoms. The molecule has 0 bridgehead atoms. The minimum Gasteiger partial charge on any atom is -0.406 e. The molecule has 0 fully saturated rings. The maximum atomic E-state index is 12.1. The van der Waals surface area contributed by atoms with Gasteiger partial charge < -0.3 is 21.1 Å². The molecule has 0 radical (unpaired) electrons. The molecule has 2 aromatic carbocycles. The van der Waals surface area contributed by atoms with Gasteiger partial charge in [-0.05, 0) is 36.4 Å².